The zero-order valence-corrected chi connectivity index (χ0v) is 13.1. The minimum atomic E-state index is 0.115. The van der Waals surface area contributed by atoms with Gasteiger partial charge in [-0.05, 0) is 37.1 Å². The average molecular weight is 306 g/mol. The first-order valence-corrected chi connectivity index (χ1v) is 7.26. The highest BCUT2D eigenvalue weighted by Crippen LogP contribution is 2.29. The topological polar surface area (TPSA) is 44.5 Å². The molecule has 112 valence electrons. The Morgan fingerprint density at radius 3 is 2.57 bits per heavy atom. The Bertz CT molecular complexity index is 599. The highest BCUT2D eigenvalue weighted by atomic mass is 35.5. The van der Waals surface area contributed by atoms with E-state index >= 15 is 0 Å². The van der Waals surface area contributed by atoms with Gasteiger partial charge in [-0.1, -0.05) is 35.9 Å². The van der Waals surface area contributed by atoms with E-state index in [1.807, 2.05) is 49.4 Å². The van der Waals surface area contributed by atoms with Gasteiger partial charge in [0.05, 0.1) is 7.11 Å². The summed E-state index contributed by atoms with van der Waals surface area (Å²) in [5.74, 6) is 1.41. The molecule has 0 radical (unpaired) electrons. The molecule has 0 spiro atoms. The zero-order chi connectivity index (χ0) is 15.2. The fraction of sp³-hybridized carbons (Fsp3) is 0.294. The van der Waals surface area contributed by atoms with Crippen molar-refractivity contribution in [2.75, 3.05) is 7.11 Å². The molecule has 2 aromatic rings. The van der Waals surface area contributed by atoms with Crippen molar-refractivity contribution in [3.63, 3.8) is 0 Å². The van der Waals surface area contributed by atoms with Crippen LogP contribution in [-0.4, -0.2) is 13.2 Å². The number of rotatable bonds is 6. The number of nitrogens with two attached hydrogens (primary N) is 1. The molecule has 1 unspecified atom stereocenters. The van der Waals surface area contributed by atoms with Crippen LogP contribution in [0, 0.1) is 0 Å². The highest BCUT2D eigenvalue weighted by molar-refractivity contribution is 6.31. The predicted octanol–water partition coefficient (Wildman–Crippen LogP) is 3.82. The van der Waals surface area contributed by atoms with E-state index in [0.717, 1.165) is 17.5 Å². The lowest BCUT2D eigenvalue weighted by atomic mass is 10.1. The fourth-order valence-corrected chi connectivity index (χ4v) is 2.29. The first kappa shape index (κ1) is 15.7. The Morgan fingerprint density at radius 2 is 1.90 bits per heavy atom. The fourth-order valence-electron chi connectivity index (χ4n) is 2.10. The quantitative estimate of drug-likeness (QED) is 0.882. The van der Waals surface area contributed by atoms with Gasteiger partial charge in [0.25, 0.3) is 0 Å². The van der Waals surface area contributed by atoms with E-state index in [1.54, 1.807) is 7.11 Å². The molecule has 0 saturated heterocycles. The minimum Gasteiger partial charge on any atom is -0.493 e. The average Bonchev–Trinajstić information content (AvgIpc) is 2.46. The van der Waals surface area contributed by atoms with Crippen LogP contribution < -0.4 is 15.2 Å². The molecule has 0 aliphatic carbocycles. The minimum absolute atomic E-state index is 0.115. The molecule has 0 aromatic heterocycles. The molecule has 0 amide bonds. The van der Waals surface area contributed by atoms with Gasteiger partial charge in [-0.15, -0.1) is 0 Å². The lowest BCUT2D eigenvalue weighted by Crippen LogP contribution is -2.17. The third-order valence-corrected chi connectivity index (χ3v) is 3.50. The lowest BCUT2D eigenvalue weighted by Gasteiger charge is -2.13. The van der Waals surface area contributed by atoms with Gasteiger partial charge in [-0.25, -0.2) is 0 Å². The Kier molecular flexibility index (Phi) is 5.48. The summed E-state index contributed by atoms with van der Waals surface area (Å²) in [6.07, 6.45) is 0.807. The highest BCUT2D eigenvalue weighted by Gasteiger charge is 2.08. The van der Waals surface area contributed by atoms with Crippen molar-refractivity contribution in [2.24, 2.45) is 5.73 Å². The molecule has 0 aliphatic heterocycles. The van der Waals surface area contributed by atoms with E-state index in [9.17, 15) is 0 Å². The molecule has 1 atom stereocenters. The monoisotopic (exact) mass is 305 g/mol. The predicted molar refractivity (Wildman–Crippen MR) is 86.1 cm³/mol. The molecular formula is C17H20ClNO2. The number of halogens is 1. The second-order valence-electron chi connectivity index (χ2n) is 5.05. The molecule has 4 heteroatoms. The Balaban J connectivity index is 2.11. The van der Waals surface area contributed by atoms with Crippen LogP contribution in [0.4, 0.5) is 0 Å². The summed E-state index contributed by atoms with van der Waals surface area (Å²) >= 11 is 6.12. The lowest BCUT2D eigenvalue weighted by molar-refractivity contribution is 0.284. The van der Waals surface area contributed by atoms with E-state index in [-0.39, 0.29) is 6.04 Å². The number of benzene rings is 2. The molecular weight excluding hydrogens is 286 g/mol. The van der Waals surface area contributed by atoms with Gasteiger partial charge >= 0.3 is 0 Å². The summed E-state index contributed by atoms with van der Waals surface area (Å²) in [5, 5.41) is 0.699. The maximum absolute atomic E-state index is 6.12. The van der Waals surface area contributed by atoms with Crippen molar-refractivity contribution in [1.29, 1.82) is 0 Å². The molecule has 0 bridgehead atoms. The third-order valence-electron chi connectivity index (χ3n) is 3.13. The second-order valence-corrected chi connectivity index (χ2v) is 5.45. The van der Waals surface area contributed by atoms with Gasteiger partial charge in [-0.3, -0.25) is 0 Å². The largest absolute Gasteiger partial charge is 0.493 e. The van der Waals surface area contributed by atoms with Crippen LogP contribution in [0.15, 0.2) is 42.5 Å². The molecule has 21 heavy (non-hydrogen) atoms. The van der Waals surface area contributed by atoms with Gasteiger partial charge in [-0.2, -0.15) is 0 Å². The molecule has 2 rings (SSSR count). The molecule has 3 nitrogen and oxygen atoms in total. The smallest absolute Gasteiger partial charge is 0.161 e. The van der Waals surface area contributed by atoms with Crippen molar-refractivity contribution < 1.29 is 9.47 Å². The molecule has 0 aliphatic rings. The molecule has 0 saturated carbocycles. The van der Waals surface area contributed by atoms with E-state index < -0.39 is 0 Å². The van der Waals surface area contributed by atoms with Crippen LogP contribution in [0.1, 0.15) is 18.1 Å². The number of hydrogen-bond donors (Lipinski definition) is 1. The van der Waals surface area contributed by atoms with Crippen LogP contribution in [0.25, 0.3) is 0 Å². The van der Waals surface area contributed by atoms with E-state index in [4.69, 9.17) is 26.8 Å². The van der Waals surface area contributed by atoms with Crippen LogP contribution in [0.2, 0.25) is 5.02 Å². The molecule has 2 aromatic carbocycles. The van der Waals surface area contributed by atoms with E-state index in [2.05, 4.69) is 0 Å². The molecule has 2 N–H and O–H groups in total. The number of ether oxygens (including phenoxy) is 2. The summed E-state index contributed by atoms with van der Waals surface area (Å²) in [6, 6.07) is 13.6. The standard InChI is InChI=1S/C17H20ClNO2/c1-12(19)9-13-7-8-16(17(10-13)20-2)21-11-14-5-3-4-6-15(14)18/h3-8,10,12H,9,11,19H2,1-2H3. The normalized spacial score (nSPS) is 12.0. The van der Waals surface area contributed by atoms with Gasteiger partial charge in [0.15, 0.2) is 11.5 Å². The van der Waals surface area contributed by atoms with E-state index in [0.29, 0.717) is 23.1 Å². The van der Waals surface area contributed by atoms with Crippen molar-refractivity contribution in [3.05, 3.63) is 58.6 Å². The van der Waals surface area contributed by atoms with Gasteiger partial charge < -0.3 is 15.2 Å². The van der Waals surface area contributed by atoms with Crippen LogP contribution in [0.5, 0.6) is 11.5 Å². The Morgan fingerprint density at radius 1 is 1.14 bits per heavy atom. The maximum atomic E-state index is 6.12. The maximum Gasteiger partial charge on any atom is 0.161 e. The van der Waals surface area contributed by atoms with Crippen LogP contribution in [-0.2, 0) is 13.0 Å². The van der Waals surface area contributed by atoms with Crippen molar-refractivity contribution in [1.82, 2.24) is 0 Å². The van der Waals surface area contributed by atoms with Crippen LogP contribution >= 0.6 is 11.6 Å². The van der Waals surface area contributed by atoms with E-state index in [1.165, 1.54) is 0 Å². The first-order chi connectivity index (χ1) is 10.1. The van der Waals surface area contributed by atoms with Crippen molar-refractivity contribution in [2.45, 2.75) is 26.0 Å². The summed E-state index contributed by atoms with van der Waals surface area (Å²) in [6.45, 7) is 2.39. The number of methoxy groups -OCH3 is 1. The van der Waals surface area contributed by atoms with Crippen molar-refractivity contribution >= 4 is 11.6 Å². The third kappa shape index (κ3) is 4.38. The Labute approximate surface area is 130 Å². The zero-order valence-electron chi connectivity index (χ0n) is 12.3. The molecule has 0 heterocycles. The Hall–Kier alpha value is -1.71. The van der Waals surface area contributed by atoms with Gasteiger partial charge in [0, 0.05) is 16.6 Å². The summed E-state index contributed by atoms with van der Waals surface area (Å²) in [7, 11) is 1.63. The number of hydrogen-bond acceptors (Lipinski definition) is 3. The second kappa shape index (κ2) is 7.34. The summed E-state index contributed by atoms with van der Waals surface area (Å²) in [4.78, 5) is 0. The van der Waals surface area contributed by atoms with Gasteiger partial charge in [0.1, 0.15) is 6.61 Å². The first-order valence-electron chi connectivity index (χ1n) is 6.89. The summed E-state index contributed by atoms with van der Waals surface area (Å²) in [5.41, 5.74) is 7.90. The van der Waals surface area contributed by atoms with Crippen LogP contribution in [0.3, 0.4) is 0 Å². The SMILES string of the molecule is COc1cc(CC(C)N)ccc1OCc1ccccc1Cl. The van der Waals surface area contributed by atoms with Crippen molar-refractivity contribution in [3.8, 4) is 11.5 Å². The molecule has 0 fully saturated rings. The van der Waals surface area contributed by atoms with Gasteiger partial charge in [0.2, 0.25) is 0 Å². The summed E-state index contributed by atoms with van der Waals surface area (Å²) < 4.78 is 11.2.